The van der Waals surface area contributed by atoms with Gasteiger partial charge in [-0.1, -0.05) is 32.3 Å². The number of aliphatic hydroxyl groups excluding tert-OH is 1. The van der Waals surface area contributed by atoms with E-state index in [1.54, 1.807) is 0 Å². The lowest BCUT2D eigenvalue weighted by Gasteiger charge is -2.26. The fourth-order valence-corrected chi connectivity index (χ4v) is 4.90. The molecule has 3 heteroatoms. The van der Waals surface area contributed by atoms with Crippen LogP contribution in [0.4, 0.5) is 0 Å². The SMILES string of the molecule is CCC(O)=S(c1ccccn1)C1CCCCC1. The topological polar surface area (TPSA) is 33.1 Å². The van der Waals surface area contributed by atoms with Gasteiger partial charge in [0.2, 0.25) is 0 Å². The first-order chi connectivity index (χ1) is 8.33. The molecule has 0 saturated heterocycles. The molecule has 2 nitrogen and oxygen atoms in total. The molecule has 0 aliphatic heterocycles. The zero-order valence-electron chi connectivity index (χ0n) is 10.4. The molecule has 1 aliphatic rings. The fraction of sp³-hybridized carbons (Fsp3) is 0.571. The Morgan fingerprint density at radius 1 is 1.35 bits per heavy atom. The van der Waals surface area contributed by atoms with Crippen molar-refractivity contribution in [1.82, 2.24) is 4.98 Å². The van der Waals surface area contributed by atoms with Crippen molar-refractivity contribution in [2.45, 2.75) is 55.7 Å². The maximum atomic E-state index is 10.2. The zero-order chi connectivity index (χ0) is 12.1. The van der Waals surface area contributed by atoms with E-state index in [0.717, 1.165) is 11.4 Å². The lowest BCUT2D eigenvalue weighted by atomic mass is 10.0. The van der Waals surface area contributed by atoms with Gasteiger partial charge >= 0.3 is 0 Å². The maximum Gasteiger partial charge on any atom is 0.0928 e. The second kappa shape index (κ2) is 6.31. The van der Waals surface area contributed by atoms with Crippen LogP contribution < -0.4 is 0 Å². The third-order valence-electron chi connectivity index (χ3n) is 3.30. The summed E-state index contributed by atoms with van der Waals surface area (Å²) in [4.78, 5) is 4.45. The summed E-state index contributed by atoms with van der Waals surface area (Å²) < 4.78 is 0. The number of rotatable bonds is 3. The number of aliphatic hydroxyl groups is 1. The Morgan fingerprint density at radius 2 is 2.12 bits per heavy atom. The van der Waals surface area contributed by atoms with Gasteiger partial charge in [0.15, 0.2) is 0 Å². The van der Waals surface area contributed by atoms with Gasteiger partial charge in [0.05, 0.1) is 10.1 Å². The first kappa shape index (κ1) is 12.8. The Morgan fingerprint density at radius 3 is 2.71 bits per heavy atom. The molecule has 1 atom stereocenters. The van der Waals surface area contributed by atoms with E-state index in [-0.39, 0.29) is 10.5 Å². The monoisotopic (exact) mass is 251 g/mol. The molecule has 1 fully saturated rings. The quantitative estimate of drug-likeness (QED) is 0.819. The molecule has 1 aromatic rings. The van der Waals surface area contributed by atoms with Crippen molar-refractivity contribution < 1.29 is 5.11 Å². The molecule has 0 aromatic carbocycles. The average molecular weight is 251 g/mol. The summed E-state index contributed by atoms with van der Waals surface area (Å²) in [6.07, 6.45) is 9.02. The van der Waals surface area contributed by atoms with Gasteiger partial charge in [0.25, 0.3) is 0 Å². The molecule has 0 radical (unpaired) electrons. The van der Waals surface area contributed by atoms with Crippen molar-refractivity contribution in [3.63, 3.8) is 0 Å². The van der Waals surface area contributed by atoms with E-state index in [1.165, 1.54) is 32.1 Å². The predicted molar refractivity (Wildman–Crippen MR) is 74.9 cm³/mol. The van der Waals surface area contributed by atoms with E-state index in [2.05, 4.69) is 11.1 Å². The molecule has 94 valence electrons. The summed E-state index contributed by atoms with van der Waals surface area (Å²) in [5.41, 5.74) is 0. The van der Waals surface area contributed by atoms with Crippen LogP contribution in [0.5, 0.6) is 0 Å². The number of hydrogen-bond acceptors (Lipinski definition) is 1. The average Bonchev–Trinajstić information content (AvgIpc) is 2.41. The highest BCUT2D eigenvalue weighted by Crippen LogP contribution is 2.39. The zero-order valence-corrected chi connectivity index (χ0v) is 11.2. The highest BCUT2D eigenvalue weighted by atomic mass is 32.2. The van der Waals surface area contributed by atoms with Gasteiger partial charge in [-0.25, -0.2) is 0 Å². The number of nitrogens with zero attached hydrogens (tertiary/aromatic N) is 1. The van der Waals surface area contributed by atoms with E-state index >= 15 is 0 Å². The first-order valence-electron chi connectivity index (χ1n) is 6.52. The normalized spacial score (nSPS) is 20.0. The molecular formula is C14H21NOS. The van der Waals surface area contributed by atoms with Gasteiger partial charge in [0, 0.05) is 11.4 Å². The Kier molecular flexibility index (Phi) is 4.75. The summed E-state index contributed by atoms with van der Waals surface area (Å²) >= 11 is 0. The minimum absolute atomic E-state index is 0.158. The molecule has 0 amide bonds. The molecule has 1 heterocycles. The van der Waals surface area contributed by atoms with Crippen LogP contribution in [-0.2, 0) is 0 Å². The van der Waals surface area contributed by atoms with E-state index < -0.39 is 0 Å². The minimum atomic E-state index is -0.158. The third-order valence-corrected chi connectivity index (χ3v) is 5.93. The highest BCUT2D eigenvalue weighted by Gasteiger charge is 2.21. The van der Waals surface area contributed by atoms with Gasteiger partial charge in [-0.2, -0.15) is 0 Å². The van der Waals surface area contributed by atoms with Crippen molar-refractivity contribution in [3.8, 4) is 0 Å². The lowest BCUT2D eigenvalue weighted by molar-refractivity contribution is 0.512. The van der Waals surface area contributed by atoms with Crippen molar-refractivity contribution in [1.29, 1.82) is 0 Å². The van der Waals surface area contributed by atoms with Gasteiger partial charge in [0.1, 0.15) is 0 Å². The molecular weight excluding hydrogens is 230 g/mol. The largest absolute Gasteiger partial charge is 0.359 e. The Balaban J connectivity index is 2.32. The van der Waals surface area contributed by atoms with Crippen LogP contribution in [0, 0.1) is 0 Å². The van der Waals surface area contributed by atoms with Crippen LogP contribution in [0.2, 0.25) is 0 Å². The first-order valence-corrected chi connectivity index (χ1v) is 7.80. The van der Waals surface area contributed by atoms with Crippen molar-refractivity contribution >= 4 is 15.5 Å². The minimum Gasteiger partial charge on any atom is -0.359 e. The second-order valence-electron chi connectivity index (χ2n) is 4.51. The van der Waals surface area contributed by atoms with E-state index in [9.17, 15) is 5.11 Å². The van der Waals surface area contributed by atoms with Gasteiger partial charge in [-0.05, 0) is 31.4 Å². The second-order valence-corrected chi connectivity index (χ2v) is 6.74. The van der Waals surface area contributed by atoms with Crippen LogP contribution in [0.25, 0.3) is 0 Å². The third kappa shape index (κ3) is 3.17. The fourth-order valence-electron chi connectivity index (χ4n) is 2.42. The number of hydrogen-bond donors (Lipinski definition) is 1. The summed E-state index contributed by atoms with van der Waals surface area (Å²) in [6.45, 7) is 2.03. The molecule has 0 bridgehead atoms. The van der Waals surface area contributed by atoms with Gasteiger partial charge in [-0.3, -0.25) is 4.98 Å². The summed E-state index contributed by atoms with van der Waals surface area (Å²) in [6, 6.07) is 6.02. The van der Waals surface area contributed by atoms with Crippen LogP contribution in [-0.4, -0.2) is 20.4 Å². The standard InChI is InChI=1S/C14H21NOS/c1-2-14(16)17(12-8-4-3-5-9-12)13-10-6-7-11-15-13/h6-7,10-12,16H,2-5,8-9H2,1H3. The lowest BCUT2D eigenvalue weighted by Crippen LogP contribution is -2.14. The molecule has 1 aliphatic carbocycles. The van der Waals surface area contributed by atoms with Crippen LogP contribution in [0.15, 0.2) is 29.4 Å². The predicted octanol–water partition coefficient (Wildman–Crippen LogP) is 4.14. The molecule has 0 spiro atoms. The maximum absolute atomic E-state index is 10.2. The Bertz CT molecular complexity index is 382. The van der Waals surface area contributed by atoms with E-state index in [1.807, 2.05) is 25.3 Å². The van der Waals surface area contributed by atoms with Crippen molar-refractivity contribution in [2.24, 2.45) is 0 Å². The Hall–Kier alpha value is -0.670. The molecule has 1 saturated carbocycles. The summed E-state index contributed by atoms with van der Waals surface area (Å²) in [5.74, 6) is 0. The van der Waals surface area contributed by atoms with Crippen LogP contribution in [0.3, 0.4) is 0 Å². The van der Waals surface area contributed by atoms with E-state index in [4.69, 9.17) is 0 Å². The van der Waals surface area contributed by atoms with Gasteiger partial charge < -0.3 is 5.11 Å². The number of aromatic nitrogens is 1. The molecule has 1 N–H and O–H groups in total. The molecule has 17 heavy (non-hydrogen) atoms. The molecule has 1 aromatic heterocycles. The van der Waals surface area contributed by atoms with Crippen LogP contribution >= 0.6 is 10.5 Å². The number of pyridine rings is 1. The summed E-state index contributed by atoms with van der Waals surface area (Å²) in [7, 11) is -0.158. The smallest absolute Gasteiger partial charge is 0.0928 e. The van der Waals surface area contributed by atoms with Crippen LogP contribution in [0.1, 0.15) is 45.4 Å². The van der Waals surface area contributed by atoms with Gasteiger partial charge in [-0.15, -0.1) is 10.5 Å². The van der Waals surface area contributed by atoms with E-state index in [0.29, 0.717) is 10.3 Å². The molecule has 1 unspecified atom stereocenters. The highest BCUT2D eigenvalue weighted by molar-refractivity contribution is 8.16. The molecule has 2 rings (SSSR count). The summed E-state index contributed by atoms with van der Waals surface area (Å²) in [5, 5.41) is 12.5. The Labute approximate surface area is 106 Å². The van der Waals surface area contributed by atoms with Crippen molar-refractivity contribution in [3.05, 3.63) is 24.4 Å². The van der Waals surface area contributed by atoms with Crippen molar-refractivity contribution in [2.75, 3.05) is 0 Å².